The van der Waals surface area contributed by atoms with E-state index >= 15 is 0 Å². The maximum Gasteiger partial charge on any atom is 0.187 e. The Balaban J connectivity index is 1.86. The topological polar surface area (TPSA) is 52.1 Å². The molecule has 0 aliphatic heterocycles. The van der Waals surface area contributed by atoms with Crippen molar-refractivity contribution in [2.24, 2.45) is 0 Å². The SMILES string of the molecule is CC(=O)c1ccccc1OCCSc1nccc(C)n1. The van der Waals surface area contributed by atoms with E-state index in [0.29, 0.717) is 17.9 Å². The Kier molecular flexibility index (Phi) is 5.12. The van der Waals surface area contributed by atoms with Crippen molar-refractivity contribution in [1.82, 2.24) is 9.97 Å². The van der Waals surface area contributed by atoms with Gasteiger partial charge in [0.15, 0.2) is 10.9 Å². The summed E-state index contributed by atoms with van der Waals surface area (Å²) in [7, 11) is 0. The Morgan fingerprint density at radius 2 is 2.10 bits per heavy atom. The van der Waals surface area contributed by atoms with Gasteiger partial charge in [-0.3, -0.25) is 4.79 Å². The predicted octanol–water partition coefficient (Wildman–Crippen LogP) is 3.16. The Hall–Kier alpha value is -1.88. The summed E-state index contributed by atoms with van der Waals surface area (Å²) in [4.78, 5) is 19.9. The highest BCUT2D eigenvalue weighted by Crippen LogP contribution is 2.19. The van der Waals surface area contributed by atoms with Crippen molar-refractivity contribution >= 4 is 17.5 Å². The maximum absolute atomic E-state index is 11.5. The van der Waals surface area contributed by atoms with Crippen molar-refractivity contribution in [3.8, 4) is 5.75 Å². The quantitative estimate of drug-likeness (QED) is 0.354. The molecule has 0 aliphatic rings. The average molecular weight is 288 g/mol. The lowest BCUT2D eigenvalue weighted by Crippen LogP contribution is -2.05. The monoisotopic (exact) mass is 288 g/mol. The summed E-state index contributed by atoms with van der Waals surface area (Å²) in [5.41, 5.74) is 1.56. The second kappa shape index (κ2) is 7.05. The molecule has 20 heavy (non-hydrogen) atoms. The molecule has 0 unspecified atom stereocenters. The number of aromatic nitrogens is 2. The van der Waals surface area contributed by atoms with Crippen molar-refractivity contribution in [3.63, 3.8) is 0 Å². The zero-order valence-electron chi connectivity index (χ0n) is 11.5. The van der Waals surface area contributed by atoms with E-state index in [1.54, 1.807) is 12.3 Å². The standard InChI is InChI=1S/C15H16N2O2S/c1-11-7-8-16-15(17-11)20-10-9-19-14-6-4-3-5-13(14)12(2)18/h3-8H,9-10H2,1-2H3. The molecule has 2 rings (SSSR count). The lowest BCUT2D eigenvalue weighted by molar-refractivity contribution is 0.101. The van der Waals surface area contributed by atoms with Crippen LogP contribution in [0.1, 0.15) is 23.0 Å². The molecule has 0 saturated carbocycles. The second-order valence-electron chi connectivity index (χ2n) is 4.23. The number of carbonyl (C=O) groups excluding carboxylic acids is 1. The van der Waals surface area contributed by atoms with E-state index in [1.165, 1.54) is 18.7 Å². The number of rotatable bonds is 6. The van der Waals surface area contributed by atoms with Gasteiger partial charge >= 0.3 is 0 Å². The number of nitrogens with zero attached hydrogens (tertiary/aromatic N) is 2. The van der Waals surface area contributed by atoms with Crippen LogP contribution in [-0.4, -0.2) is 28.1 Å². The van der Waals surface area contributed by atoms with E-state index in [9.17, 15) is 4.79 Å². The molecule has 0 aliphatic carbocycles. The number of ether oxygens (including phenoxy) is 1. The molecule has 0 N–H and O–H groups in total. The van der Waals surface area contributed by atoms with Gasteiger partial charge in [-0.2, -0.15) is 0 Å². The van der Waals surface area contributed by atoms with Crippen LogP contribution < -0.4 is 4.74 Å². The lowest BCUT2D eigenvalue weighted by Gasteiger charge is -2.09. The van der Waals surface area contributed by atoms with Crippen molar-refractivity contribution < 1.29 is 9.53 Å². The molecule has 4 nitrogen and oxygen atoms in total. The van der Waals surface area contributed by atoms with E-state index in [-0.39, 0.29) is 5.78 Å². The van der Waals surface area contributed by atoms with E-state index in [2.05, 4.69) is 9.97 Å². The summed E-state index contributed by atoms with van der Waals surface area (Å²) < 4.78 is 5.65. The maximum atomic E-state index is 11.5. The number of ketones is 1. The van der Waals surface area contributed by atoms with E-state index in [0.717, 1.165) is 16.6 Å². The number of hydrogen-bond acceptors (Lipinski definition) is 5. The molecule has 0 bridgehead atoms. The molecule has 1 aromatic heterocycles. The first kappa shape index (κ1) is 14.5. The number of thioether (sulfide) groups is 1. The van der Waals surface area contributed by atoms with Gasteiger partial charge < -0.3 is 4.74 Å². The van der Waals surface area contributed by atoms with Crippen molar-refractivity contribution in [2.75, 3.05) is 12.4 Å². The summed E-state index contributed by atoms with van der Waals surface area (Å²) in [6.07, 6.45) is 1.75. The summed E-state index contributed by atoms with van der Waals surface area (Å²) in [6.45, 7) is 3.98. The van der Waals surface area contributed by atoms with Crippen LogP contribution in [0.5, 0.6) is 5.75 Å². The Bertz CT molecular complexity index is 602. The van der Waals surface area contributed by atoms with Gasteiger partial charge in [0.2, 0.25) is 0 Å². The third-order valence-electron chi connectivity index (χ3n) is 2.61. The fraction of sp³-hybridized carbons (Fsp3) is 0.267. The molecule has 0 fully saturated rings. The number of hydrogen-bond donors (Lipinski definition) is 0. The molecule has 1 heterocycles. The molecule has 1 aromatic carbocycles. The Morgan fingerprint density at radius 1 is 1.30 bits per heavy atom. The van der Waals surface area contributed by atoms with E-state index in [4.69, 9.17) is 4.74 Å². The average Bonchev–Trinajstić information content (AvgIpc) is 2.44. The minimum Gasteiger partial charge on any atom is -0.492 e. The van der Waals surface area contributed by atoms with Crippen LogP contribution in [-0.2, 0) is 0 Å². The summed E-state index contributed by atoms with van der Waals surface area (Å²) in [5, 5.41) is 0.744. The van der Waals surface area contributed by atoms with Gasteiger partial charge in [0.05, 0.1) is 12.2 Å². The van der Waals surface area contributed by atoms with Crippen LogP contribution in [0.4, 0.5) is 0 Å². The number of benzene rings is 1. The van der Waals surface area contributed by atoms with Gasteiger partial charge in [-0.25, -0.2) is 9.97 Å². The van der Waals surface area contributed by atoms with Crippen molar-refractivity contribution in [2.45, 2.75) is 19.0 Å². The van der Waals surface area contributed by atoms with Crippen molar-refractivity contribution in [3.05, 3.63) is 47.8 Å². The molecule has 2 aromatic rings. The third kappa shape index (κ3) is 4.06. The molecule has 104 valence electrons. The van der Waals surface area contributed by atoms with Gasteiger partial charge in [0.25, 0.3) is 0 Å². The normalized spacial score (nSPS) is 10.3. The smallest absolute Gasteiger partial charge is 0.187 e. The van der Waals surface area contributed by atoms with Gasteiger partial charge in [-0.05, 0) is 32.0 Å². The molecule has 0 radical (unpaired) electrons. The number of carbonyl (C=O) groups is 1. The number of para-hydroxylation sites is 1. The van der Waals surface area contributed by atoms with Crippen molar-refractivity contribution in [1.29, 1.82) is 0 Å². The summed E-state index contributed by atoms with van der Waals surface area (Å²) in [6, 6.07) is 9.14. The number of Topliss-reactive ketones (excluding diaryl/α,β-unsaturated/α-hetero) is 1. The molecular weight excluding hydrogens is 272 g/mol. The molecule has 0 spiro atoms. The zero-order chi connectivity index (χ0) is 14.4. The predicted molar refractivity (Wildman–Crippen MR) is 79.4 cm³/mol. The van der Waals surface area contributed by atoms with Gasteiger partial charge in [0.1, 0.15) is 5.75 Å². The highest BCUT2D eigenvalue weighted by Gasteiger charge is 2.07. The fourth-order valence-electron chi connectivity index (χ4n) is 1.66. The van der Waals surface area contributed by atoms with Crippen LogP contribution >= 0.6 is 11.8 Å². The highest BCUT2D eigenvalue weighted by atomic mass is 32.2. The molecule has 5 heteroatoms. The van der Waals surface area contributed by atoms with Crippen LogP contribution in [0.2, 0.25) is 0 Å². The first-order valence-corrected chi connectivity index (χ1v) is 7.30. The Morgan fingerprint density at radius 3 is 2.85 bits per heavy atom. The van der Waals surface area contributed by atoms with Crippen LogP contribution in [0.3, 0.4) is 0 Å². The molecule has 0 amide bonds. The Labute approximate surface area is 122 Å². The van der Waals surface area contributed by atoms with Crippen LogP contribution in [0.15, 0.2) is 41.7 Å². The minimum atomic E-state index is 0.00951. The minimum absolute atomic E-state index is 0.00951. The van der Waals surface area contributed by atoms with Gasteiger partial charge in [0, 0.05) is 17.6 Å². The van der Waals surface area contributed by atoms with Crippen LogP contribution in [0.25, 0.3) is 0 Å². The first-order valence-electron chi connectivity index (χ1n) is 6.32. The largest absolute Gasteiger partial charge is 0.492 e. The van der Waals surface area contributed by atoms with Gasteiger partial charge in [-0.1, -0.05) is 23.9 Å². The van der Waals surface area contributed by atoms with Gasteiger partial charge in [-0.15, -0.1) is 0 Å². The molecule has 0 atom stereocenters. The zero-order valence-corrected chi connectivity index (χ0v) is 12.3. The number of aryl methyl sites for hydroxylation is 1. The summed E-state index contributed by atoms with van der Waals surface area (Å²) >= 11 is 1.54. The highest BCUT2D eigenvalue weighted by molar-refractivity contribution is 7.99. The first-order chi connectivity index (χ1) is 9.66. The second-order valence-corrected chi connectivity index (χ2v) is 5.29. The summed E-state index contributed by atoms with van der Waals surface area (Å²) in [5.74, 6) is 1.37. The third-order valence-corrected chi connectivity index (χ3v) is 3.44. The van der Waals surface area contributed by atoms with E-state index in [1.807, 2.05) is 31.2 Å². The lowest BCUT2D eigenvalue weighted by atomic mass is 10.1. The fourth-order valence-corrected chi connectivity index (χ4v) is 2.36. The molecular formula is C15H16N2O2S. The van der Waals surface area contributed by atoms with Crippen LogP contribution in [0, 0.1) is 6.92 Å². The molecule has 0 saturated heterocycles. The van der Waals surface area contributed by atoms with E-state index < -0.39 is 0 Å².